The van der Waals surface area contributed by atoms with Crippen molar-refractivity contribution in [3.05, 3.63) is 40.0 Å². The van der Waals surface area contributed by atoms with Gasteiger partial charge in [0.05, 0.1) is 12.1 Å². The molecule has 0 saturated heterocycles. The molecule has 0 fully saturated rings. The molecule has 1 aromatic heterocycles. The van der Waals surface area contributed by atoms with Crippen LogP contribution in [0.3, 0.4) is 0 Å². The molecule has 0 bridgehead atoms. The molecule has 1 atom stereocenters. The van der Waals surface area contributed by atoms with Crippen LogP contribution in [0.25, 0.3) is 0 Å². The van der Waals surface area contributed by atoms with Crippen molar-refractivity contribution in [3.63, 3.8) is 0 Å². The van der Waals surface area contributed by atoms with Crippen LogP contribution in [0.2, 0.25) is 0 Å². The van der Waals surface area contributed by atoms with E-state index >= 15 is 0 Å². The summed E-state index contributed by atoms with van der Waals surface area (Å²) in [5.41, 5.74) is -2.06. The number of nitrogens with one attached hydrogen (secondary N) is 1. The van der Waals surface area contributed by atoms with Gasteiger partial charge in [-0.25, -0.2) is 14.3 Å². The summed E-state index contributed by atoms with van der Waals surface area (Å²) in [6, 6.07) is 0. The van der Waals surface area contributed by atoms with Gasteiger partial charge >= 0.3 is 11.9 Å². The predicted molar refractivity (Wildman–Crippen MR) is 58.7 cm³/mol. The molecule has 1 aliphatic heterocycles. The van der Waals surface area contributed by atoms with Gasteiger partial charge in [0.1, 0.15) is 0 Å². The minimum absolute atomic E-state index is 0.141. The molecule has 0 saturated carbocycles. The smallest absolute Gasteiger partial charge is 0.367 e. The highest BCUT2D eigenvalue weighted by Crippen LogP contribution is 2.34. The zero-order valence-electron chi connectivity index (χ0n) is 10.1. The summed E-state index contributed by atoms with van der Waals surface area (Å²) < 4.78 is 51.9. The fourth-order valence-corrected chi connectivity index (χ4v) is 1.67. The van der Waals surface area contributed by atoms with E-state index < -0.39 is 29.5 Å². The Labute approximate surface area is 109 Å². The molecule has 6 nitrogen and oxygen atoms in total. The van der Waals surface area contributed by atoms with Crippen LogP contribution in [0.4, 0.5) is 17.6 Å². The molecule has 110 valence electrons. The van der Waals surface area contributed by atoms with Gasteiger partial charge in [-0.15, -0.1) is 0 Å². The van der Waals surface area contributed by atoms with E-state index in [1.807, 2.05) is 0 Å². The maximum absolute atomic E-state index is 13.5. The summed E-state index contributed by atoms with van der Waals surface area (Å²) in [6.45, 7) is -0.231. The molecule has 0 spiro atoms. The summed E-state index contributed by atoms with van der Waals surface area (Å²) >= 11 is 0. The highest BCUT2D eigenvalue weighted by molar-refractivity contribution is 5.31. The van der Waals surface area contributed by atoms with Gasteiger partial charge in [0.2, 0.25) is 0 Å². The number of aromatic amines is 1. The molecule has 0 aromatic carbocycles. The molecule has 10 heteroatoms. The van der Waals surface area contributed by atoms with Gasteiger partial charge in [-0.2, -0.15) is 18.3 Å². The van der Waals surface area contributed by atoms with E-state index in [2.05, 4.69) is 10.2 Å². The lowest BCUT2D eigenvalue weighted by Gasteiger charge is -2.29. The Morgan fingerprint density at radius 2 is 2.15 bits per heavy atom. The predicted octanol–water partition coefficient (Wildman–Crippen LogP) is 0.542. The number of halogens is 4. The number of aliphatic hydroxyl groups excluding tert-OH is 1. The van der Waals surface area contributed by atoms with Gasteiger partial charge in [-0.1, -0.05) is 0 Å². The van der Waals surface area contributed by atoms with Gasteiger partial charge in [0.15, 0.2) is 17.9 Å². The van der Waals surface area contributed by atoms with Gasteiger partial charge in [-0.3, -0.25) is 4.57 Å². The second-order valence-electron chi connectivity index (χ2n) is 4.13. The molecule has 0 amide bonds. The van der Waals surface area contributed by atoms with Crippen molar-refractivity contribution >= 4 is 0 Å². The second kappa shape index (κ2) is 4.78. The van der Waals surface area contributed by atoms with E-state index in [9.17, 15) is 27.5 Å². The molecule has 1 aromatic rings. The minimum atomic E-state index is -4.88. The Kier molecular flexibility index (Phi) is 3.42. The first-order valence-corrected chi connectivity index (χ1v) is 5.41. The number of aromatic nitrogens is 3. The third-order valence-electron chi connectivity index (χ3n) is 2.83. The summed E-state index contributed by atoms with van der Waals surface area (Å²) in [5, 5.41) is 15.3. The van der Waals surface area contributed by atoms with Crippen molar-refractivity contribution < 1.29 is 22.7 Å². The zero-order chi connectivity index (χ0) is 15.1. The molecule has 0 aliphatic carbocycles. The van der Waals surface area contributed by atoms with Gasteiger partial charge < -0.3 is 10.0 Å². The van der Waals surface area contributed by atoms with Crippen LogP contribution in [0.1, 0.15) is 5.82 Å². The molecule has 2 rings (SSSR count). The molecule has 20 heavy (non-hydrogen) atoms. The van der Waals surface area contributed by atoms with Crippen molar-refractivity contribution in [2.24, 2.45) is 7.05 Å². The maximum atomic E-state index is 13.5. The highest BCUT2D eigenvalue weighted by Gasteiger charge is 2.40. The van der Waals surface area contributed by atoms with Gasteiger partial charge in [0, 0.05) is 13.2 Å². The normalized spacial score (nSPS) is 19.9. The first-order valence-electron chi connectivity index (χ1n) is 5.41. The number of H-pyrrole nitrogens is 1. The number of nitrogens with zero attached hydrogens (tertiary/aromatic N) is 3. The quantitative estimate of drug-likeness (QED) is 0.781. The van der Waals surface area contributed by atoms with E-state index in [4.69, 9.17) is 0 Å². The monoisotopic (exact) mass is 294 g/mol. The number of aliphatic hydroxyl groups is 1. The second-order valence-corrected chi connectivity index (χ2v) is 4.13. The largest absolute Gasteiger partial charge is 0.419 e. The number of hydrogen-bond acceptors (Lipinski definition) is 4. The van der Waals surface area contributed by atoms with Gasteiger partial charge in [-0.05, 0) is 6.08 Å². The van der Waals surface area contributed by atoms with E-state index in [0.717, 1.165) is 15.7 Å². The fourth-order valence-electron chi connectivity index (χ4n) is 1.67. The van der Waals surface area contributed by atoms with Crippen LogP contribution < -0.4 is 5.69 Å². The average molecular weight is 294 g/mol. The SMILES string of the molecule is Cn1c(CN2C=CC(C(F)(F)F)=C(F)C2O)n[nH]c1=O. The molecular formula is C10H10F4N4O2. The molecule has 2 N–H and O–H groups in total. The Balaban J connectivity index is 2.23. The molecule has 2 heterocycles. The minimum Gasteiger partial charge on any atom is -0.367 e. The standard InChI is InChI=1S/C10H10F4N4O2/c1-17-6(15-16-9(17)20)4-18-3-2-5(10(12,13)14)7(11)8(18)19/h2-3,8,19H,4H2,1H3,(H,16,20). The van der Waals surface area contributed by atoms with Crippen molar-refractivity contribution in [2.45, 2.75) is 18.9 Å². The average Bonchev–Trinajstić information content (AvgIpc) is 2.65. The topological polar surface area (TPSA) is 74.2 Å². The molecular weight excluding hydrogens is 284 g/mol. The summed E-state index contributed by atoms with van der Waals surface area (Å²) in [6.07, 6.45) is -5.54. The zero-order valence-corrected chi connectivity index (χ0v) is 10.1. The Hall–Kier alpha value is -2.10. The molecule has 0 radical (unpaired) electrons. The van der Waals surface area contributed by atoms with Crippen molar-refractivity contribution in [1.82, 2.24) is 19.7 Å². The number of alkyl halides is 3. The van der Waals surface area contributed by atoms with Crippen LogP contribution in [-0.4, -0.2) is 37.2 Å². The number of rotatable bonds is 2. The molecule has 1 aliphatic rings. The summed E-state index contributed by atoms with van der Waals surface area (Å²) in [7, 11) is 1.38. The lowest BCUT2D eigenvalue weighted by atomic mass is 10.1. The van der Waals surface area contributed by atoms with Crippen molar-refractivity contribution in [3.8, 4) is 0 Å². The van der Waals surface area contributed by atoms with Crippen LogP contribution in [0.5, 0.6) is 0 Å². The van der Waals surface area contributed by atoms with Crippen LogP contribution in [-0.2, 0) is 13.6 Å². The summed E-state index contributed by atoms with van der Waals surface area (Å²) in [4.78, 5) is 12.0. The third kappa shape index (κ3) is 2.46. The lowest BCUT2D eigenvalue weighted by molar-refractivity contribution is -0.0947. The Morgan fingerprint density at radius 3 is 2.65 bits per heavy atom. The highest BCUT2D eigenvalue weighted by atomic mass is 19.4. The summed E-state index contributed by atoms with van der Waals surface area (Å²) in [5.74, 6) is -1.55. The van der Waals surface area contributed by atoms with E-state index in [1.165, 1.54) is 7.05 Å². The Bertz CT molecular complexity index is 628. The van der Waals surface area contributed by atoms with Crippen LogP contribution in [0.15, 0.2) is 28.5 Å². The van der Waals surface area contributed by atoms with E-state index in [-0.39, 0.29) is 12.4 Å². The van der Waals surface area contributed by atoms with Gasteiger partial charge in [0.25, 0.3) is 0 Å². The first kappa shape index (κ1) is 14.3. The fraction of sp³-hybridized carbons (Fsp3) is 0.400. The number of hydrogen-bond donors (Lipinski definition) is 2. The maximum Gasteiger partial charge on any atom is 0.419 e. The Morgan fingerprint density at radius 1 is 1.50 bits per heavy atom. The van der Waals surface area contributed by atoms with Crippen molar-refractivity contribution in [2.75, 3.05) is 0 Å². The lowest BCUT2D eigenvalue weighted by Crippen LogP contribution is -2.36. The first-order chi connectivity index (χ1) is 9.21. The molecule has 1 unspecified atom stereocenters. The van der Waals surface area contributed by atoms with E-state index in [1.54, 1.807) is 0 Å². The number of allylic oxidation sites excluding steroid dienone is 2. The third-order valence-corrected chi connectivity index (χ3v) is 2.83. The van der Waals surface area contributed by atoms with Crippen LogP contribution in [0, 0.1) is 0 Å². The van der Waals surface area contributed by atoms with Crippen molar-refractivity contribution in [1.29, 1.82) is 0 Å². The van der Waals surface area contributed by atoms with Crippen LogP contribution >= 0.6 is 0 Å². The van der Waals surface area contributed by atoms with E-state index in [0.29, 0.717) is 6.08 Å².